The van der Waals surface area contributed by atoms with Crippen LogP contribution in [0.5, 0.6) is 0 Å². The van der Waals surface area contributed by atoms with E-state index in [1.165, 1.54) is 34.0 Å². The second-order valence-corrected chi connectivity index (χ2v) is 9.25. The summed E-state index contributed by atoms with van der Waals surface area (Å²) >= 11 is 13.2. The first-order valence-corrected chi connectivity index (χ1v) is 12.1. The number of rotatable bonds is 7. The summed E-state index contributed by atoms with van der Waals surface area (Å²) in [5.41, 5.74) is 1.95. The Hall–Kier alpha value is -3.93. The van der Waals surface area contributed by atoms with Crippen LogP contribution in [-0.2, 0) is 11.2 Å². The molecule has 1 atom stereocenters. The topological polar surface area (TPSA) is 120 Å². The first-order valence-electron chi connectivity index (χ1n) is 10.6. The third-order valence-corrected chi connectivity index (χ3v) is 6.29. The van der Waals surface area contributed by atoms with Crippen molar-refractivity contribution in [3.63, 3.8) is 0 Å². The molecule has 0 radical (unpaired) electrons. The zero-order chi connectivity index (χ0) is 25.1. The fraction of sp³-hybridized carbons (Fsp3) is 0.0870. The molecule has 0 bridgehead atoms. The van der Waals surface area contributed by atoms with Crippen molar-refractivity contribution in [1.82, 2.24) is 34.1 Å². The van der Waals surface area contributed by atoms with Crippen molar-refractivity contribution in [2.24, 2.45) is 0 Å². The molecule has 3 aromatic heterocycles. The van der Waals surface area contributed by atoms with Crippen LogP contribution in [0.3, 0.4) is 0 Å². The fourth-order valence-corrected chi connectivity index (χ4v) is 4.37. The summed E-state index contributed by atoms with van der Waals surface area (Å²) in [5.74, 6) is -0.387. The molecule has 0 aliphatic rings. The number of nitrogens with one attached hydrogen (secondary N) is 1. The minimum absolute atomic E-state index is 0.213. The Kier molecular flexibility index (Phi) is 6.85. The number of hydrogen-bond acceptors (Lipinski definition) is 8. The molecule has 13 heteroatoms. The molecule has 10 nitrogen and oxygen atoms in total. The lowest BCUT2D eigenvalue weighted by Gasteiger charge is -2.19. The second kappa shape index (κ2) is 10.4. The number of carbonyl (C=O) groups excluding carboxylic acids is 1. The maximum absolute atomic E-state index is 13.3. The van der Waals surface area contributed by atoms with Gasteiger partial charge >= 0.3 is 0 Å². The minimum atomic E-state index is -0.864. The Bertz CT molecular complexity index is 1570. The van der Waals surface area contributed by atoms with Gasteiger partial charge < -0.3 is 5.32 Å². The zero-order valence-corrected chi connectivity index (χ0v) is 20.7. The fourth-order valence-electron chi connectivity index (χ4n) is 3.65. The largest absolute Gasteiger partial charge is 0.313 e. The summed E-state index contributed by atoms with van der Waals surface area (Å²) in [7, 11) is 0. The van der Waals surface area contributed by atoms with Gasteiger partial charge in [0.1, 0.15) is 11.0 Å². The lowest BCUT2D eigenvalue weighted by atomic mass is 10.0. The van der Waals surface area contributed by atoms with Crippen LogP contribution in [0.25, 0.3) is 16.9 Å². The van der Waals surface area contributed by atoms with Gasteiger partial charge in [0.15, 0.2) is 5.15 Å². The van der Waals surface area contributed by atoms with Crippen LogP contribution in [0.15, 0.2) is 78.1 Å². The number of benzene rings is 2. The van der Waals surface area contributed by atoms with E-state index >= 15 is 0 Å². The Balaban J connectivity index is 1.54. The molecule has 5 rings (SSSR count). The maximum atomic E-state index is 13.3. The van der Waals surface area contributed by atoms with Crippen molar-refractivity contribution < 1.29 is 4.79 Å². The molecule has 3 heterocycles. The lowest BCUT2D eigenvalue weighted by Crippen LogP contribution is -2.34. The smallest absolute Gasteiger partial charge is 0.254 e. The van der Waals surface area contributed by atoms with Gasteiger partial charge in [-0.1, -0.05) is 63.2 Å². The highest BCUT2D eigenvalue weighted by Crippen LogP contribution is 2.28. The van der Waals surface area contributed by atoms with Crippen molar-refractivity contribution in [3.8, 4) is 16.9 Å². The van der Waals surface area contributed by atoms with Crippen LogP contribution in [0, 0.1) is 0 Å². The Morgan fingerprint density at radius 2 is 1.94 bits per heavy atom. The summed E-state index contributed by atoms with van der Waals surface area (Å²) in [5, 5.41) is 15.4. The molecule has 36 heavy (non-hydrogen) atoms. The van der Waals surface area contributed by atoms with Crippen molar-refractivity contribution in [2.45, 2.75) is 12.5 Å². The number of anilines is 1. The lowest BCUT2D eigenvalue weighted by molar-refractivity contribution is -0.119. The SMILES string of the molecule is O=C(Nc1cnns1)C(Cc1ccccc1)n1cnc(-c2cc(Cl)ccc2-n2cc(Cl)nn2)cc1=O. The van der Waals surface area contributed by atoms with E-state index in [-0.39, 0.29) is 17.5 Å². The highest BCUT2D eigenvalue weighted by atomic mass is 35.5. The van der Waals surface area contributed by atoms with Crippen LogP contribution in [-0.4, -0.2) is 40.0 Å². The van der Waals surface area contributed by atoms with Gasteiger partial charge in [0.2, 0.25) is 5.91 Å². The quantitative estimate of drug-likeness (QED) is 0.331. The van der Waals surface area contributed by atoms with Crippen LogP contribution < -0.4 is 10.9 Å². The molecule has 0 aliphatic carbocycles. The Morgan fingerprint density at radius 3 is 2.64 bits per heavy atom. The maximum Gasteiger partial charge on any atom is 0.254 e. The summed E-state index contributed by atoms with van der Waals surface area (Å²) in [6.45, 7) is 0. The monoisotopic (exact) mass is 538 g/mol. The number of amides is 1. The average Bonchev–Trinajstić information content (AvgIpc) is 3.55. The third kappa shape index (κ3) is 5.18. The number of hydrogen-bond donors (Lipinski definition) is 1. The molecule has 0 fully saturated rings. The summed E-state index contributed by atoms with van der Waals surface area (Å²) < 4.78 is 6.53. The number of carbonyl (C=O) groups is 1. The molecule has 2 aromatic carbocycles. The van der Waals surface area contributed by atoms with Crippen molar-refractivity contribution >= 4 is 45.6 Å². The molecular formula is C23H16Cl2N8O2S. The first-order chi connectivity index (χ1) is 17.5. The summed E-state index contributed by atoms with van der Waals surface area (Å²) in [6, 6.07) is 15.0. The first kappa shape index (κ1) is 23.8. The molecule has 0 saturated heterocycles. The van der Waals surface area contributed by atoms with Crippen molar-refractivity contribution in [1.29, 1.82) is 0 Å². The number of nitrogens with zero attached hydrogens (tertiary/aromatic N) is 7. The van der Waals surface area contributed by atoms with Gasteiger partial charge in [-0.15, -0.1) is 10.2 Å². The van der Waals surface area contributed by atoms with E-state index in [0.29, 0.717) is 27.0 Å². The number of halogens is 2. The van der Waals surface area contributed by atoms with Gasteiger partial charge in [-0.2, -0.15) is 0 Å². The van der Waals surface area contributed by atoms with E-state index in [1.54, 1.807) is 18.2 Å². The van der Waals surface area contributed by atoms with Crippen LogP contribution in [0.2, 0.25) is 10.2 Å². The molecule has 1 unspecified atom stereocenters. The van der Waals surface area contributed by atoms with Gasteiger partial charge in [-0.25, -0.2) is 9.67 Å². The third-order valence-electron chi connectivity index (χ3n) is 5.30. The van der Waals surface area contributed by atoms with Gasteiger partial charge in [0, 0.05) is 34.6 Å². The van der Waals surface area contributed by atoms with E-state index in [9.17, 15) is 9.59 Å². The average molecular weight is 539 g/mol. The zero-order valence-electron chi connectivity index (χ0n) is 18.3. The predicted octanol–water partition coefficient (Wildman–Crippen LogP) is 4.07. The molecule has 1 amide bonds. The highest BCUT2D eigenvalue weighted by molar-refractivity contribution is 7.10. The molecule has 5 aromatic rings. The number of aromatic nitrogens is 7. The molecule has 0 saturated carbocycles. The van der Waals surface area contributed by atoms with Crippen molar-refractivity contribution in [2.75, 3.05) is 5.32 Å². The second-order valence-electron chi connectivity index (χ2n) is 7.64. The predicted molar refractivity (Wildman–Crippen MR) is 137 cm³/mol. The van der Waals surface area contributed by atoms with Crippen LogP contribution in [0.4, 0.5) is 5.00 Å². The van der Waals surface area contributed by atoms with E-state index < -0.39 is 11.6 Å². The summed E-state index contributed by atoms with van der Waals surface area (Å²) in [6.07, 6.45) is 4.61. The Labute approximate surface area is 218 Å². The molecule has 180 valence electrons. The minimum Gasteiger partial charge on any atom is -0.313 e. The summed E-state index contributed by atoms with van der Waals surface area (Å²) in [4.78, 5) is 31.0. The van der Waals surface area contributed by atoms with E-state index in [2.05, 4.69) is 30.2 Å². The molecule has 1 N–H and O–H groups in total. The molecule has 0 spiro atoms. The van der Waals surface area contributed by atoms with Crippen molar-refractivity contribution in [3.05, 3.63) is 99.4 Å². The van der Waals surface area contributed by atoms with Crippen LogP contribution >= 0.6 is 34.7 Å². The molecular weight excluding hydrogens is 523 g/mol. The Morgan fingerprint density at radius 1 is 1.11 bits per heavy atom. The van der Waals surface area contributed by atoms with Crippen LogP contribution in [0.1, 0.15) is 11.6 Å². The highest BCUT2D eigenvalue weighted by Gasteiger charge is 2.24. The van der Waals surface area contributed by atoms with E-state index in [0.717, 1.165) is 17.1 Å². The van der Waals surface area contributed by atoms with E-state index in [1.807, 2.05) is 30.3 Å². The van der Waals surface area contributed by atoms with Gasteiger partial charge in [0.05, 0.1) is 30.1 Å². The van der Waals surface area contributed by atoms with Gasteiger partial charge in [-0.3, -0.25) is 14.2 Å². The van der Waals surface area contributed by atoms with Gasteiger partial charge in [0.25, 0.3) is 5.56 Å². The van der Waals surface area contributed by atoms with E-state index in [4.69, 9.17) is 23.2 Å². The molecule has 0 aliphatic heterocycles. The standard InChI is InChI=1S/C23H16Cl2N8O2S/c24-15-6-7-18(33-12-20(25)29-30-33)16(9-15)17-10-22(34)32(13-26-17)19(8-14-4-2-1-3-5-14)23(35)28-21-11-27-31-36-21/h1-7,9-13,19H,8H2,(H,28,35). The normalized spacial score (nSPS) is 11.8. The van der Waals surface area contributed by atoms with Gasteiger partial charge in [-0.05, 0) is 23.8 Å².